The van der Waals surface area contributed by atoms with Crippen LogP contribution in [0.1, 0.15) is 67.9 Å². The third-order valence-electron chi connectivity index (χ3n) is 3.97. The van der Waals surface area contributed by atoms with E-state index in [1.807, 2.05) is 6.92 Å². The molecule has 104 valence electrons. The van der Waals surface area contributed by atoms with Crippen LogP contribution < -0.4 is 5.32 Å². The van der Waals surface area contributed by atoms with Crippen LogP contribution in [0.4, 0.5) is 0 Å². The highest BCUT2D eigenvalue weighted by atomic mass is 16.5. The number of nitrogens with one attached hydrogen (secondary N) is 1. The number of hydrogen-bond acceptors (Lipinski definition) is 4. The Bertz CT molecular complexity index is 457. The number of hydrogen-bond donors (Lipinski definition) is 1. The van der Waals surface area contributed by atoms with E-state index in [0.29, 0.717) is 5.92 Å². The van der Waals surface area contributed by atoms with Gasteiger partial charge in [-0.1, -0.05) is 6.92 Å². The van der Waals surface area contributed by atoms with Gasteiger partial charge in [0.15, 0.2) is 5.82 Å². The molecule has 0 radical (unpaired) electrons. The van der Waals surface area contributed by atoms with Gasteiger partial charge in [-0.2, -0.15) is 0 Å². The van der Waals surface area contributed by atoms with Crippen LogP contribution in [-0.4, -0.2) is 23.1 Å². The molecule has 4 heteroatoms. The van der Waals surface area contributed by atoms with Gasteiger partial charge in [-0.25, -0.2) is 9.97 Å². The molecule has 3 rings (SSSR count). The fourth-order valence-corrected chi connectivity index (χ4v) is 2.80. The number of ether oxygens (including phenoxy) is 1. The Balaban J connectivity index is 1.98. The number of rotatable bonds is 5. The SMILES string of the molecule is CCOC(CC)c1nc2c(c(C3CC3)n1)CNCC2. The highest BCUT2D eigenvalue weighted by Crippen LogP contribution is 2.42. The second kappa shape index (κ2) is 5.55. The molecular weight excluding hydrogens is 238 g/mol. The largest absolute Gasteiger partial charge is 0.371 e. The maximum atomic E-state index is 5.78. The molecule has 19 heavy (non-hydrogen) atoms. The first-order valence-corrected chi connectivity index (χ1v) is 7.55. The summed E-state index contributed by atoms with van der Waals surface area (Å²) in [6, 6.07) is 0. The maximum absolute atomic E-state index is 5.78. The Kier molecular flexibility index (Phi) is 3.80. The van der Waals surface area contributed by atoms with Crippen molar-refractivity contribution >= 4 is 0 Å². The van der Waals surface area contributed by atoms with Crippen molar-refractivity contribution in [2.24, 2.45) is 0 Å². The molecule has 1 unspecified atom stereocenters. The highest BCUT2D eigenvalue weighted by molar-refractivity contribution is 5.33. The minimum Gasteiger partial charge on any atom is -0.371 e. The fourth-order valence-electron chi connectivity index (χ4n) is 2.80. The predicted octanol–water partition coefficient (Wildman–Crippen LogP) is 2.49. The van der Waals surface area contributed by atoms with Crippen molar-refractivity contribution in [3.63, 3.8) is 0 Å². The Morgan fingerprint density at radius 2 is 2.16 bits per heavy atom. The minimum absolute atomic E-state index is 0.0580. The first-order valence-electron chi connectivity index (χ1n) is 7.55. The zero-order valence-electron chi connectivity index (χ0n) is 11.9. The molecule has 1 saturated carbocycles. The molecule has 0 aromatic carbocycles. The van der Waals surface area contributed by atoms with Crippen LogP contribution in [0.25, 0.3) is 0 Å². The first-order chi connectivity index (χ1) is 9.33. The van der Waals surface area contributed by atoms with E-state index in [-0.39, 0.29) is 6.10 Å². The molecule has 0 spiro atoms. The van der Waals surface area contributed by atoms with Gasteiger partial charge in [0.25, 0.3) is 0 Å². The van der Waals surface area contributed by atoms with Gasteiger partial charge in [0, 0.05) is 37.6 Å². The molecule has 1 aromatic heterocycles. The summed E-state index contributed by atoms with van der Waals surface area (Å²) in [5, 5.41) is 3.44. The average Bonchev–Trinajstić information content (AvgIpc) is 3.28. The molecular formula is C15H23N3O. The van der Waals surface area contributed by atoms with Gasteiger partial charge in [0.1, 0.15) is 6.10 Å². The second-order valence-corrected chi connectivity index (χ2v) is 5.45. The summed E-state index contributed by atoms with van der Waals surface area (Å²) in [5.74, 6) is 1.58. The normalized spacial score (nSPS) is 20.1. The summed E-state index contributed by atoms with van der Waals surface area (Å²) < 4.78 is 5.78. The van der Waals surface area contributed by atoms with Crippen molar-refractivity contribution in [1.29, 1.82) is 0 Å². The van der Waals surface area contributed by atoms with Crippen molar-refractivity contribution in [2.45, 2.75) is 58.1 Å². The molecule has 1 aromatic rings. The van der Waals surface area contributed by atoms with E-state index in [9.17, 15) is 0 Å². The summed E-state index contributed by atoms with van der Waals surface area (Å²) in [4.78, 5) is 9.66. The van der Waals surface area contributed by atoms with Crippen LogP contribution in [0.5, 0.6) is 0 Å². The van der Waals surface area contributed by atoms with Gasteiger partial charge in [0.05, 0.1) is 11.4 Å². The average molecular weight is 261 g/mol. The van der Waals surface area contributed by atoms with Gasteiger partial charge in [-0.3, -0.25) is 0 Å². The van der Waals surface area contributed by atoms with E-state index in [1.54, 1.807) is 0 Å². The predicted molar refractivity (Wildman–Crippen MR) is 74.1 cm³/mol. The summed E-state index contributed by atoms with van der Waals surface area (Å²) in [6.07, 6.45) is 4.59. The third kappa shape index (κ3) is 2.65. The van der Waals surface area contributed by atoms with Gasteiger partial charge >= 0.3 is 0 Å². The summed E-state index contributed by atoms with van der Waals surface area (Å²) in [7, 11) is 0. The molecule has 1 aliphatic heterocycles. The Morgan fingerprint density at radius 3 is 2.84 bits per heavy atom. The van der Waals surface area contributed by atoms with E-state index in [0.717, 1.165) is 38.4 Å². The highest BCUT2D eigenvalue weighted by Gasteiger charge is 2.31. The lowest BCUT2D eigenvalue weighted by molar-refractivity contribution is 0.0530. The molecule has 2 heterocycles. The number of nitrogens with zero attached hydrogens (tertiary/aromatic N) is 2. The Morgan fingerprint density at radius 1 is 1.32 bits per heavy atom. The molecule has 0 bridgehead atoms. The monoisotopic (exact) mass is 261 g/mol. The van der Waals surface area contributed by atoms with Crippen LogP contribution in [-0.2, 0) is 17.7 Å². The topological polar surface area (TPSA) is 47.0 Å². The Hall–Kier alpha value is -1.00. The minimum atomic E-state index is 0.0580. The van der Waals surface area contributed by atoms with Crippen LogP contribution in [0.3, 0.4) is 0 Å². The summed E-state index contributed by atoms with van der Waals surface area (Å²) in [6.45, 7) is 6.86. The fraction of sp³-hybridized carbons (Fsp3) is 0.733. The van der Waals surface area contributed by atoms with Crippen LogP contribution in [0, 0.1) is 0 Å². The molecule has 0 saturated heterocycles. The lowest BCUT2D eigenvalue weighted by atomic mass is 10.0. The van der Waals surface area contributed by atoms with Gasteiger partial charge < -0.3 is 10.1 Å². The summed E-state index contributed by atoms with van der Waals surface area (Å²) in [5.41, 5.74) is 3.91. The lowest BCUT2D eigenvalue weighted by Gasteiger charge is -2.22. The van der Waals surface area contributed by atoms with Crippen LogP contribution >= 0.6 is 0 Å². The quantitative estimate of drug-likeness (QED) is 0.884. The lowest BCUT2D eigenvalue weighted by Crippen LogP contribution is -2.27. The van der Waals surface area contributed by atoms with Gasteiger partial charge in [0.2, 0.25) is 0 Å². The standard InChI is InChI=1S/C15H23N3O/c1-3-13(19-4-2)15-17-12-7-8-16-9-11(12)14(18-15)10-5-6-10/h10,13,16H,3-9H2,1-2H3. The van der Waals surface area contributed by atoms with E-state index in [2.05, 4.69) is 12.2 Å². The first kappa shape index (κ1) is 13.0. The van der Waals surface area contributed by atoms with Crippen molar-refractivity contribution in [1.82, 2.24) is 15.3 Å². The second-order valence-electron chi connectivity index (χ2n) is 5.45. The Labute approximate surface area is 115 Å². The van der Waals surface area contributed by atoms with E-state index >= 15 is 0 Å². The van der Waals surface area contributed by atoms with Crippen LogP contribution in [0.15, 0.2) is 0 Å². The van der Waals surface area contributed by atoms with Gasteiger partial charge in [-0.05, 0) is 26.2 Å². The molecule has 0 amide bonds. The van der Waals surface area contributed by atoms with Gasteiger partial charge in [-0.15, -0.1) is 0 Å². The van der Waals surface area contributed by atoms with E-state index < -0.39 is 0 Å². The maximum Gasteiger partial charge on any atom is 0.157 e. The van der Waals surface area contributed by atoms with E-state index in [4.69, 9.17) is 14.7 Å². The molecule has 2 aliphatic rings. The third-order valence-corrected chi connectivity index (χ3v) is 3.97. The zero-order chi connectivity index (χ0) is 13.2. The molecule has 1 aliphatic carbocycles. The van der Waals surface area contributed by atoms with Crippen molar-refractivity contribution in [2.75, 3.05) is 13.2 Å². The number of aromatic nitrogens is 2. The van der Waals surface area contributed by atoms with Crippen LogP contribution in [0.2, 0.25) is 0 Å². The molecule has 1 fully saturated rings. The van der Waals surface area contributed by atoms with Crippen molar-refractivity contribution in [3.05, 3.63) is 22.8 Å². The van der Waals surface area contributed by atoms with Crippen molar-refractivity contribution < 1.29 is 4.74 Å². The molecule has 4 nitrogen and oxygen atoms in total. The summed E-state index contributed by atoms with van der Waals surface area (Å²) >= 11 is 0. The zero-order valence-corrected chi connectivity index (χ0v) is 11.9. The van der Waals surface area contributed by atoms with E-state index in [1.165, 1.54) is 29.8 Å². The molecule has 1 N–H and O–H groups in total. The molecule has 1 atom stereocenters. The number of fused-ring (bicyclic) bond motifs is 1. The smallest absolute Gasteiger partial charge is 0.157 e. The van der Waals surface area contributed by atoms with Crippen molar-refractivity contribution in [3.8, 4) is 0 Å².